The van der Waals surface area contributed by atoms with Crippen molar-refractivity contribution in [3.8, 4) is 28.7 Å². The number of aliphatic hydroxyl groups is 1. The van der Waals surface area contributed by atoms with Crippen LogP contribution in [0.25, 0.3) is 11.1 Å². The SMILES string of the molecule is COc1cnc(C(F)F)cc1-c1cc(CC(=O)N2CC(C)(O)C2)ccc1C(=O)Nc1ncc(C#CC2CC2)s1. The summed E-state index contributed by atoms with van der Waals surface area (Å²) in [4.78, 5) is 36.4. The highest BCUT2D eigenvalue weighted by Crippen LogP contribution is 2.36. The number of carbonyl (C=O) groups excluding carboxylic acids is 2. The van der Waals surface area contributed by atoms with E-state index in [-0.39, 0.29) is 42.3 Å². The van der Waals surface area contributed by atoms with Crippen LogP contribution in [0.3, 0.4) is 0 Å². The Labute approximate surface area is 228 Å². The minimum absolute atomic E-state index is 0.00951. The van der Waals surface area contributed by atoms with Crippen LogP contribution < -0.4 is 10.1 Å². The van der Waals surface area contributed by atoms with E-state index in [1.165, 1.54) is 35.6 Å². The molecule has 1 aliphatic carbocycles. The summed E-state index contributed by atoms with van der Waals surface area (Å²) in [7, 11) is 1.38. The van der Waals surface area contributed by atoms with Gasteiger partial charge < -0.3 is 14.7 Å². The van der Waals surface area contributed by atoms with Crippen LogP contribution in [0.2, 0.25) is 0 Å². The van der Waals surface area contributed by atoms with Gasteiger partial charge in [-0.25, -0.2) is 13.8 Å². The molecule has 1 saturated heterocycles. The second-order valence-electron chi connectivity index (χ2n) is 9.94. The lowest BCUT2D eigenvalue weighted by atomic mass is 9.93. The third-order valence-electron chi connectivity index (χ3n) is 6.42. The number of methoxy groups -OCH3 is 1. The minimum Gasteiger partial charge on any atom is -0.494 e. The van der Waals surface area contributed by atoms with Crippen LogP contribution in [0, 0.1) is 17.8 Å². The lowest BCUT2D eigenvalue weighted by Crippen LogP contribution is -2.62. The van der Waals surface area contributed by atoms with Gasteiger partial charge in [0.25, 0.3) is 12.3 Å². The van der Waals surface area contributed by atoms with E-state index in [4.69, 9.17) is 4.74 Å². The second kappa shape index (κ2) is 10.7. The number of hydrogen-bond donors (Lipinski definition) is 2. The van der Waals surface area contributed by atoms with Crippen LogP contribution in [0.1, 0.15) is 52.7 Å². The van der Waals surface area contributed by atoms with Gasteiger partial charge in [-0.1, -0.05) is 29.2 Å². The molecule has 2 N–H and O–H groups in total. The Morgan fingerprint density at radius 1 is 1.23 bits per heavy atom. The zero-order valence-corrected chi connectivity index (χ0v) is 22.1. The van der Waals surface area contributed by atoms with Gasteiger partial charge in [-0.15, -0.1) is 0 Å². The molecule has 0 atom stereocenters. The first kappa shape index (κ1) is 26.7. The number of pyridine rings is 1. The molecule has 0 radical (unpaired) electrons. The van der Waals surface area contributed by atoms with E-state index in [0.717, 1.165) is 17.7 Å². The van der Waals surface area contributed by atoms with E-state index in [1.54, 1.807) is 31.3 Å². The molecule has 0 spiro atoms. The van der Waals surface area contributed by atoms with Gasteiger partial charge in [0, 0.05) is 17.0 Å². The van der Waals surface area contributed by atoms with E-state index in [9.17, 15) is 23.5 Å². The zero-order valence-electron chi connectivity index (χ0n) is 21.3. The molecule has 2 amide bonds. The molecule has 1 saturated carbocycles. The third-order valence-corrected chi connectivity index (χ3v) is 7.25. The van der Waals surface area contributed by atoms with Crippen molar-refractivity contribution < 1.29 is 28.2 Å². The van der Waals surface area contributed by atoms with Crippen molar-refractivity contribution in [1.82, 2.24) is 14.9 Å². The summed E-state index contributed by atoms with van der Waals surface area (Å²) < 4.78 is 32.5. The molecule has 5 rings (SSSR count). The van der Waals surface area contributed by atoms with Gasteiger partial charge >= 0.3 is 0 Å². The lowest BCUT2D eigenvalue weighted by molar-refractivity contribution is -0.151. The lowest BCUT2D eigenvalue weighted by Gasteiger charge is -2.44. The summed E-state index contributed by atoms with van der Waals surface area (Å²) in [5.41, 5.74) is -0.0756. The fourth-order valence-corrected chi connectivity index (χ4v) is 4.94. The summed E-state index contributed by atoms with van der Waals surface area (Å²) in [5.74, 6) is 6.15. The average molecular weight is 553 g/mol. The predicted octanol–water partition coefficient (Wildman–Crippen LogP) is 4.30. The van der Waals surface area contributed by atoms with Gasteiger partial charge in [-0.05, 0) is 49.1 Å². The molecular weight excluding hydrogens is 526 g/mol. The highest BCUT2D eigenvalue weighted by Gasteiger charge is 2.39. The molecule has 2 aliphatic rings. The molecule has 202 valence electrons. The van der Waals surface area contributed by atoms with Crippen LogP contribution in [0.4, 0.5) is 13.9 Å². The van der Waals surface area contributed by atoms with Crippen LogP contribution >= 0.6 is 11.3 Å². The van der Waals surface area contributed by atoms with Gasteiger partial charge in [-0.2, -0.15) is 0 Å². The number of nitrogens with zero attached hydrogens (tertiary/aromatic N) is 3. The number of nitrogens with one attached hydrogen (secondary N) is 1. The van der Waals surface area contributed by atoms with E-state index < -0.39 is 23.6 Å². The minimum atomic E-state index is -2.83. The Kier molecular flexibility index (Phi) is 7.34. The topological polar surface area (TPSA) is 105 Å². The molecule has 2 fully saturated rings. The van der Waals surface area contributed by atoms with E-state index in [0.29, 0.717) is 22.2 Å². The molecule has 0 bridgehead atoms. The highest BCUT2D eigenvalue weighted by atomic mass is 32.1. The van der Waals surface area contributed by atoms with Gasteiger partial charge in [0.15, 0.2) is 5.13 Å². The molecule has 3 heterocycles. The fraction of sp³-hybridized carbons (Fsp3) is 0.357. The maximum absolute atomic E-state index is 13.5. The molecule has 39 heavy (non-hydrogen) atoms. The number of amides is 2. The van der Waals surface area contributed by atoms with E-state index >= 15 is 0 Å². The number of thiazole rings is 1. The Balaban J connectivity index is 1.47. The van der Waals surface area contributed by atoms with Crippen molar-refractivity contribution in [1.29, 1.82) is 0 Å². The number of aromatic nitrogens is 2. The normalized spacial score (nSPS) is 15.8. The molecule has 8 nitrogen and oxygen atoms in total. The summed E-state index contributed by atoms with van der Waals surface area (Å²) in [6.07, 6.45) is 2.16. The first-order chi connectivity index (χ1) is 18.6. The average Bonchev–Trinajstić information content (AvgIpc) is 3.62. The number of hydrogen-bond acceptors (Lipinski definition) is 7. The second-order valence-corrected chi connectivity index (χ2v) is 11.0. The smallest absolute Gasteiger partial charge is 0.280 e. The van der Waals surface area contributed by atoms with Crippen LogP contribution in [-0.4, -0.2) is 57.6 Å². The first-order valence-corrected chi connectivity index (χ1v) is 13.2. The first-order valence-electron chi connectivity index (χ1n) is 12.4. The van der Waals surface area contributed by atoms with Crippen molar-refractivity contribution in [3.05, 3.63) is 58.4 Å². The summed E-state index contributed by atoms with van der Waals surface area (Å²) >= 11 is 1.24. The highest BCUT2D eigenvalue weighted by molar-refractivity contribution is 7.16. The van der Waals surface area contributed by atoms with Crippen molar-refractivity contribution in [2.45, 2.75) is 38.2 Å². The Hall–Kier alpha value is -3.88. The molecule has 0 unspecified atom stereocenters. The van der Waals surface area contributed by atoms with Gasteiger partial charge in [0.2, 0.25) is 5.91 Å². The number of benzene rings is 1. The molecule has 1 aliphatic heterocycles. The van der Waals surface area contributed by atoms with Crippen LogP contribution in [-0.2, 0) is 11.2 Å². The monoisotopic (exact) mass is 552 g/mol. The molecular formula is C28H26F2N4O4S. The Bertz CT molecular complexity index is 1480. The van der Waals surface area contributed by atoms with Crippen molar-refractivity contribution in [2.24, 2.45) is 5.92 Å². The summed E-state index contributed by atoms with van der Waals surface area (Å²) in [5, 5.41) is 13.1. The number of alkyl halides is 2. The fourth-order valence-electron chi connectivity index (χ4n) is 4.27. The maximum atomic E-state index is 13.5. The number of anilines is 1. The predicted molar refractivity (Wildman–Crippen MR) is 142 cm³/mol. The number of carbonyl (C=O) groups is 2. The summed E-state index contributed by atoms with van der Waals surface area (Å²) in [6.45, 7) is 2.12. The largest absolute Gasteiger partial charge is 0.494 e. The van der Waals surface area contributed by atoms with Crippen molar-refractivity contribution in [2.75, 3.05) is 25.5 Å². The summed E-state index contributed by atoms with van der Waals surface area (Å²) in [6, 6.07) is 5.99. The van der Waals surface area contributed by atoms with Crippen molar-refractivity contribution >= 4 is 28.3 Å². The van der Waals surface area contributed by atoms with Gasteiger partial charge in [-0.3, -0.25) is 19.9 Å². The zero-order chi connectivity index (χ0) is 27.7. The standard InChI is InChI=1S/C28H26F2N4O4S/c1-28(37)14-34(15-28)24(35)10-17-6-8-19(20(9-17)21-11-22(25(29)30)31-13-23(21)38-2)26(36)33-27-32-12-18(39-27)7-5-16-3-4-16/h6,8-9,11-13,16,25,37H,3-4,10,14-15H2,1-2H3,(H,32,33,36). The van der Waals surface area contributed by atoms with Crippen molar-refractivity contribution in [3.63, 3.8) is 0 Å². The number of rotatable bonds is 7. The van der Waals surface area contributed by atoms with E-state index in [2.05, 4.69) is 27.1 Å². The quantitative estimate of drug-likeness (QED) is 0.424. The Morgan fingerprint density at radius 2 is 2.00 bits per heavy atom. The third kappa shape index (κ3) is 6.24. The maximum Gasteiger partial charge on any atom is 0.280 e. The molecule has 2 aromatic heterocycles. The molecule has 3 aromatic rings. The van der Waals surface area contributed by atoms with Crippen LogP contribution in [0.15, 0.2) is 36.7 Å². The van der Waals surface area contributed by atoms with E-state index in [1.807, 2.05) is 0 Å². The molecule has 1 aromatic carbocycles. The number of β-amino-alcohol motifs (C(OH)–C–C–N with tert-alkyl or cyclic N) is 1. The molecule has 11 heteroatoms. The number of ether oxygens (including phenoxy) is 1. The van der Waals surface area contributed by atoms with Gasteiger partial charge in [0.05, 0.1) is 49.5 Å². The van der Waals surface area contributed by atoms with Crippen LogP contribution in [0.5, 0.6) is 5.75 Å². The number of halogens is 2. The number of likely N-dealkylation sites (tertiary alicyclic amines) is 1. The van der Waals surface area contributed by atoms with Gasteiger partial charge in [0.1, 0.15) is 11.4 Å². The Morgan fingerprint density at radius 3 is 2.67 bits per heavy atom.